The first-order valence-electron chi connectivity index (χ1n) is 10.7. The zero-order valence-corrected chi connectivity index (χ0v) is 18.7. The lowest BCUT2D eigenvalue weighted by Crippen LogP contribution is -2.39. The van der Waals surface area contributed by atoms with Crippen molar-refractivity contribution >= 4 is 5.78 Å². The Morgan fingerprint density at radius 1 is 1.03 bits per heavy atom. The third-order valence-corrected chi connectivity index (χ3v) is 5.46. The molecule has 1 heterocycles. The number of ketones is 1. The molecule has 1 unspecified atom stereocenters. The summed E-state index contributed by atoms with van der Waals surface area (Å²) in [4.78, 5) is 12.5. The first-order valence-corrected chi connectivity index (χ1v) is 10.7. The average molecular weight is 397 g/mol. The quantitative estimate of drug-likeness (QED) is 0.445. The summed E-state index contributed by atoms with van der Waals surface area (Å²) in [6, 6.07) is 5.01. The molecule has 0 aliphatic carbocycles. The number of rotatable bonds is 9. The molecule has 1 N–H and O–H groups in total. The third-order valence-electron chi connectivity index (χ3n) is 5.46. The molecular formula is C26H36O3. The predicted octanol–water partition coefficient (Wildman–Crippen LogP) is 7.32. The van der Waals surface area contributed by atoms with E-state index in [1.165, 1.54) is 22.8 Å². The van der Waals surface area contributed by atoms with E-state index in [-0.39, 0.29) is 11.5 Å². The molecule has 0 aromatic heterocycles. The molecule has 0 spiro atoms. The van der Waals surface area contributed by atoms with Crippen LogP contribution in [0.4, 0.5) is 0 Å². The molecule has 3 nitrogen and oxygen atoms in total. The summed E-state index contributed by atoms with van der Waals surface area (Å²) in [5, 5.41) is 9.92. The molecule has 1 aliphatic rings. The van der Waals surface area contributed by atoms with Crippen LogP contribution < -0.4 is 4.74 Å². The molecule has 1 aromatic rings. The van der Waals surface area contributed by atoms with E-state index in [2.05, 4.69) is 45.9 Å². The fraction of sp³-hybridized carbons (Fsp3) is 0.500. The maximum Gasteiger partial charge on any atom is 0.174 e. The number of phenolic OH excluding ortho intramolecular Hbond substituents is 1. The van der Waals surface area contributed by atoms with Gasteiger partial charge in [0.2, 0.25) is 0 Å². The minimum Gasteiger partial charge on any atom is -0.507 e. The molecule has 0 fully saturated rings. The van der Waals surface area contributed by atoms with Crippen LogP contribution in [-0.2, 0) is 0 Å². The lowest BCUT2D eigenvalue weighted by Gasteiger charge is -2.35. The number of hydrogen-bond donors (Lipinski definition) is 1. The van der Waals surface area contributed by atoms with E-state index in [0.717, 1.165) is 38.5 Å². The van der Waals surface area contributed by atoms with Crippen molar-refractivity contribution in [3.05, 3.63) is 58.7 Å². The minimum atomic E-state index is -0.518. The Morgan fingerprint density at radius 2 is 1.66 bits per heavy atom. The van der Waals surface area contributed by atoms with Gasteiger partial charge in [-0.2, -0.15) is 0 Å². The smallest absolute Gasteiger partial charge is 0.174 e. The summed E-state index contributed by atoms with van der Waals surface area (Å²) in [5.41, 5.74) is 4.02. The van der Waals surface area contributed by atoms with Crippen molar-refractivity contribution in [2.75, 3.05) is 0 Å². The van der Waals surface area contributed by atoms with Gasteiger partial charge < -0.3 is 9.84 Å². The van der Waals surface area contributed by atoms with Gasteiger partial charge in [0.25, 0.3) is 0 Å². The van der Waals surface area contributed by atoms with Crippen LogP contribution in [0.25, 0.3) is 0 Å². The van der Waals surface area contributed by atoms with Crippen LogP contribution in [-0.4, -0.2) is 16.5 Å². The zero-order chi connectivity index (χ0) is 21.4. The Bertz CT molecular complexity index is 809. The topological polar surface area (TPSA) is 46.5 Å². The number of aromatic hydroxyl groups is 1. The van der Waals surface area contributed by atoms with Crippen LogP contribution in [0.5, 0.6) is 11.5 Å². The van der Waals surface area contributed by atoms with Crippen LogP contribution in [0, 0.1) is 0 Å². The molecule has 1 aliphatic heterocycles. The van der Waals surface area contributed by atoms with Crippen molar-refractivity contribution in [2.45, 2.75) is 85.2 Å². The van der Waals surface area contributed by atoms with Crippen molar-refractivity contribution in [3.8, 4) is 11.5 Å². The lowest BCUT2D eigenvalue weighted by atomic mass is 9.87. The van der Waals surface area contributed by atoms with Crippen molar-refractivity contribution in [3.63, 3.8) is 0 Å². The SMILES string of the molecule is CC(C)=CCC/C(C)=C/CC/C(C)=C/CCC1(C)CC(=O)c2c(O)cccc2O1. The second kappa shape index (κ2) is 10.5. The van der Waals surface area contributed by atoms with E-state index in [9.17, 15) is 9.90 Å². The molecule has 158 valence electrons. The molecule has 3 heteroatoms. The third kappa shape index (κ3) is 7.23. The maximum absolute atomic E-state index is 12.5. The van der Waals surface area contributed by atoms with Gasteiger partial charge >= 0.3 is 0 Å². The van der Waals surface area contributed by atoms with E-state index < -0.39 is 5.60 Å². The summed E-state index contributed by atoms with van der Waals surface area (Å²) in [6.07, 6.45) is 13.3. The number of Topliss-reactive ketones (excluding diaryl/α,β-unsaturated/α-hetero) is 1. The lowest BCUT2D eigenvalue weighted by molar-refractivity contribution is 0.0470. The fourth-order valence-electron chi connectivity index (χ4n) is 3.72. The van der Waals surface area contributed by atoms with Gasteiger partial charge in [-0.25, -0.2) is 0 Å². The second-order valence-electron chi connectivity index (χ2n) is 8.80. The van der Waals surface area contributed by atoms with Gasteiger partial charge in [-0.3, -0.25) is 4.79 Å². The number of ether oxygens (including phenoxy) is 1. The summed E-state index contributed by atoms with van der Waals surface area (Å²) >= 11 is 0. The Labute approximate surface area is 176 Å². The van der Waals surface area contributed by atoms with Crippen molar-refractivity contribution < 1.29 is 14.6 Å². The van der Waals surface area contributed by atoms with Crippen LogP contribution in [0.1, 0.15) is 89.9 Å². The largest absolute Gasteiger partial charge is 0.507 e. The van der Waals surface area contributed by atoms with E-state index in [1.54, 1.807) is 12.1 Å². The van der Waals surface area contributed by atoms with Gasteiger partial charge in [-0.15, -0.1) is 0 Å². The monoisotopic (exact) mass is 396 g/mol. The summed E-state index contributed by atoms with van der Waals surface area (Å²) in [7, 11) is 0. The predicted molar refractivity (Wildman–Crippen MR) is 121 cm³/mol. The van der Waals surface area contributed by atoms with Gasteiger partial charge in [0.1, 0.15) is 22.7 Å². The molecule has 2 rings (SSSR count). The normalized spacial score (nSPS) is 19.6. The first kappa shape index (κ1) is 23.0. The highest BCUT2D eigenvalue weighted by molar-refractivity contribution is 6.02. The van der Waals surface area contributed by atoms with Gasteiger partial charge in [-0.05, 0) is 85.3 Å². The number of carbonyl (C=O) groups excluding carboxylic acids is 1. The highest BCUT2D eigenvalue weighted by Crippen LogP contribution is 2.39. The van der Waals surface area contributed by atoms with Gasteiger partial charge in [-0.1, -0.05) is 41.0 Å². The molecular weight excluding hydrogens is 360 g/mol. The van der Waals surface area contributed by atoms with E-state index in [0.29, 0.717) is 17.7 Å². The number of phenols is 1. The van der Waals surface area contributed by atoms with Gasteiger partial charge in [0, 0.05) is 0 Å². The van der Waals surface area contributed by atoms with Crippen LogP contribution >= 0.6 is 0 Å². The molecule has 1 atom stereocenters. The van der Waals surface area contributed by atoms with Crippen molar-refractivity contribution in [1.82, 2.24) is 0 Å². The molecule has 29 heavy (non-hydrogen) atoms. The number of carbonyl (C=O) groups is 1. The standard InChI is InChI=1S/C26H36O3/c1-19(2)10-6-11-20(3)12-7-13-21(4)14-9-17-26(5)18-23(28)25-22(27)15-8-16-24(25)29-26/h8,10,12,14-16,27H,6-7,9,11,13,17-18H2,1-5H3/b20-12+,21-14+. The van der Waals surface area contributed by atoms with E-state index in [1.807, 2.05) is 6.92 Å². The molecule has 0 saturated heterocycles. The number of fused-ring (bicyclic) bond motifs is 1. The molecule has 0 radical (unpaired) electrons. The van der Waals surface area contributed by atoms with Crippen LogP contribution in [0.15, 0.2) is 53.1 Å². The highest BCUT2D eigenvalue weighted by Gasteiger charge is 2.37. The van der Waals surface area contributed by atoms with Crippen LogP contribution in [0.3, 0.4) is 0 Å². The second-order valence-corrected chi connectivity index (χ2v) is 8.80. The Kier molecular flexibility index (Phi) is 8.31. The van der Waals surface area contributed by atoms with E-state index in [4.69, 9.17) is 4.74 Å². The zero-order valence-electron chi connectivity index (χ0n) is 18.7. The highest BCUT2D eigenvalue weighted by atomic mass is 16.5. The van der Waals surface area contributed by atoms with Gasteiger partial charge in [0.15, 0.2) is 5.78 Å². The number of hydrogen-bond acceptors (Lipinski definition) is 3. The Morgan fingerprint density at radius 3 is 2.31 bits per heavy atom. The van der Waals surface area contributed by atoms with Gasteiger partial charge in [0.05, 0.1) is 6.42 Å². The summed E-state index contributed by atoms with van der Waals surface area (Å²) in [5.74, 6) is 0.467. The molecule has 1 aromatic carbocycles. The maximum atomic E-state index is 12.5. The molecule has 0 saturated carbocycles. The number of benzene rings is 1. The first-order chi connectivity index (χ1) is 13.7. The number of allylic oxidation sites excluding steroid dienone is 6. The van der Waals surface area contributed by atoms with Crippen molar-refractivity contribution in [1.29, 1.82) is 0 Å². The minimum absolute atomic E-state index is 0.00879. The Hall–Kier alpha value is -2.29. The molecule has 0 bridgehead atoms. The van der Waals surface area contributed by atoms with Crippen molar-refractivity contribution in [2.24, 2.45) is 0 Å². The van der Waals surface area contributed by atoms with E-state index >= 15 is 0 Å². The Balaban J connectivity index is 1.81. The fourth-order valence-corrected chi connectivity index (χ4v) is 3.72. The van der Waals surface area contributed by atoms with Crippen LogP contribution in [0.2, 0.25) is 0 Å². The average Bonchev–Trinajstić information content (AvgIpc) is 2.60. The summed E-state index contributed by atoms with van der Waals surface area (Å²) in [6.45, 7) is 10.7. The summed E-state index contributed by atoms with van der Waals surface area (Å²) < 4.78 is 6.10. The molecule has 0 amide bonds.